The maximum Gasteiger partial charge on any atom is 0.209 e. The molecule has 0 radical (unpaired) electrons. The van der Waals surface area contributed by atoms with Crippen LogP contribution in [0.4, 0.5) is 11.5 Å². The number of hydrogen-bond acceptors (Lipinski definition) is 6. The first kappa shape index (κ1) is 20.0. The van der Waals surface area contributed by atoms with Crippen LogP contribution >= 0.6 is 0 Å². The predicted molar refractivity (Wildman–Crippen MR) is 125 cm³/mol. The normalized spacial score (nSPS) is 14.6. The van der Waals surface area contributed by atoms with Crippen molar-refractivity contribution in [1.82, 2.24) is 24.6 Å². The van der Waals surface area contributed by atoms with Gasteiger partial charge in [0.05, 0.1) is 29.1 Å². The van der Waals surface area contributed by atoms with Gasteiger partial charge in [0.2, 0.25) is 6.41 Å². The molecule has 8 nitrogen and oxygen atoms in total. The van der Waals surface area contributed by atoms with Gasteiger partial charge in [-0.15, -0.1) is 0 Å². The quantitative estimate of drug-likeness (QED) is 0.457. The summed E-state index contributed by atoms with van der Waals surface area (Å²) in [6.45, 7) is 2.14. The number of nitrogens with one attached hydrogen (secondary N) is 1. The molecule has 0 spiro atoms. The molecular weight excluding hydrogens is 402 g/mol. The number of amides is 1. The maximum absolute atomic E-state index is 10.9. The van der Waals surface area contributed by atoms with E-state index in [4.69, 9.17) is 10.7 Å². The Morgan fingerprint density at radius 2 is 2.03 bits per heavy atom. The van der Waals surface area contributed by atoms with E-state index in [1.54, 1.807) is 6.20 Å². The number of nitrogens with zero attached hydrogens (tertiary/aromatic N) is 5. The molecule has 162 valence electrons. The minimum atomic E-state index is 0.300. The Morgan fingerprint density at radius 3 is 2.88 bits per heavy atom. The molecule has 5 rings (SSSR count). The Balaban J connectivity index is 1.30. The fourth-order valence-electron chi connectivity index (χ4n) is 4.12. The van der Waals surface area contributed by atoms with Crippen molar-refractivity contribution < 1.29 is 4.79 Å². The topological polar surface area (TPSA) is 102 Å². The predicted octanol–water partition coefficient (Wildman–Crippen LogP) is 3.48. The lowest BCUT2D eigenvalue weighted by atomic mass is 10.1. The van der Waals surface area contributed by atoms with Gasteiger partial charge in [0.1, 0.15) is 5.82 Å². The summed E-state index contributed by atoms with van der Waals surface area (Å²) >= 11 is 0. The number of nitrogens with two attached hydrogens (primary N) is 1. The van der Waals surface area contributed by atoms with Crippen LogP contribution in [-0.4, -0.2) is 44.1 Å². The Bertz CT molecular complexity index is 1240. The lowest BCUT2D eigenvalue weighted by molar-refractivity contribution is -0.119. The van der Waals surface area contributed by atoms with Gasteiger partial charge in [-0.3, -0.25) is 14.5 Å². The van der Waals surface area contributed by atoms with Gasteiger partial charge >= 0.3 is 0 Å². The van der Waals surface area contributed by atoms with E-state index in [0.717, 1.165) is 60.1 Å². The lowest BCUT2D eigenvalue weighted by Gasteiger charge is -2.29. The molecule has 3 N–H and O–H groups in total. The van der Waals surface area contributed by atoms with Gasteiger partial charge in [-0.25, -0.2) is 4.98 Å². The highest BCUT2D eigenvalue weighted by Gasteiger charge is 2.20. The molecule has 1 aromatic carbocycles. The zero-order valence-electron chi connectivity index (χ0n) is 17.7. The van der Waals surface area contributed by atoms with Crippen molar-refractivity contribution in [2.45, 2.75) is 25.4 Å². The molecule has 4 aromatic rings. The number of nitrogen functional groups attached to an aromatic ring is 1. The van der Waals surface area contributed by atoms with E-state index in [1.165, 1.54) is 0 Å². The number of likely N-dealkylation sites (tertiary alicyclic amines) is 1. The third kappa shape index (κ3) is 4.12. The van der Waals surface area contributed by atoms with Gasteiger partial charge in [-0.2, -0.15) is 5.10 Å². The first-order valence-corrected chi connectivity index (χ1v) is 10.8. The Kier molecular flexibility index (Phi) is 5.41. The van der Waals surface area contributed by atoms with Crippen molar-refractivity contribution in [2.24, 2.45) is 0 Å². The summed E-state index contributed by atoms with van der Waals surface area (Å²) in [5, 5.41) is 9.02. The van der Waals surface area contributed by atoms with E-state index in [2.05, 4.69) is 33.6 Å². The summed E-state index contributed by atoms with van der Waals surface area (Å²) in [6.07, 6.45) is 8.40. The largest absolute Gasteiger partial charge is 0.396 e. The van der Waals surface area contributed by atoms with Crippen molar-refractivity contribution >= 4 is 28.8 Å². The molecule has 3 aromatic heterocycles. The van der Waals surface area contributed by atoms with Crippen molar-refractivity contribution in [3.63, 3.8) is 0 Å². The van der Waals surface area contributed by atoms with Gasteiger partial charge in [-0.05, 0) is 48.7 Å². The molecule has 1 aliphatic heterocycles. The number of anilines is 2. The summed E-state index contributed by atoms with van der Waals surface area (Å²) in [5.74, 6) is 0.654. The molecule has 32 heavy (non-hydrogen) atoms. The van der Waals surface area contributed by atoms with Crippen LogP contribution in [0.15, 0.2) is 61.1 Å². The number of rotatable bonds is 6. The number of hydrogen-bond donors (Lipinski definition) is 2. The van der Waals surface area contributed by atoms with Crippen LogP contribution in [0.3, 0.4) is 0 Å². The summed E-state index contributed by atoms with van der Waals surface area (Å²) in [4.78, 5) is 21.9. The minimum Gasteiger partial charge on any atom is -0.396 e. The standard InChI is InChI=1S/C24H25N7O/c25-21-4-6-23(19-14-28-31(15-19)20-7-10-30(16-32)11-8-20)29-24(21)27-13-17-3-5-22-18(12-17)2-1-9-26-22/h1-6,9,12,14-16,20H,7-8,10-11,13,25H2,(H,27,29). The van der Waals surface area contributed by atoms with Crippen LogP contribution in [-0.2, 0) is 11.3 Å². The zero-order chi connectivity index (χ0) is 21.9. The summed E-state index contributed by atoms with van der Waals surface area (Å²) in [7, 11) is 0. The zero-order valence-corrected chi connectivity index (χ0v) is 17.7. The molecule has 0 bridgehead atoms. The van der Waals surface area contributed by atoms with E-state index in [0.29, 0.717) is 24.1 Å². The fourth-order valence-corrected chi connectivity index (χ4v) is 4.12. The van der Waals surface area contributed by atoms with Gasteiger partial charge in [0.15, 0.2) is 0 Å². The minimum absolute atomic E-state index is 0.300. The van der Waals surface area contributed by atoms with E-state index in [9.17, 15) is 4.79 Å². The Hall–Kier alpha value is -3.94. The number of piperidine rings is 1. The molecule has 0 atom stereocenters. The molecule has 0 saturated carbocycles. The van der Waals surface area contributed by atoms with Crippen LogP contribution < -0.4 is 11.1 Å². The number of pyridine rings is 2. The SMILES string of the molecule is Nc1ccc(-c2cnn(C3CCN(C=O)CC3)c2)nc1NCc1ccc2ncccc2c1. The van der Waals surface area contributed by atoms with Crippen molar-refractivity contribution in [3.8, 4) is 11.3 Å². The van der Waals surface area contributed by atoms with Crippen molar-refractivity contribution in [1.29, 1.82) is 0 Å². The van der Waals surface area contributed by atoms with Crippen LogP contribution in [0, 0.1) is 0 Å². The van der Waals surface area contributed by atoms with Gasteiger partial charge in [-0.1, -0.05) is 12.1 Å². The van der Waals surface area contributed by atoms with Gasteiger partial charge in [0, 0.05) is 43.0 Å². The smallest absolute Gasteiger partial charge is 0.209 e. The maximum atomic E-state index is 10.9. The fraction of sp³-hybridized carbons (Fsp3) is 0.250. The Labute approximate surface area is 186 Å². The molecular formula is C24H25N7O. The molecule has 8 heteroatoms. The number of fused-ring (bicyclic) bond motifs is 1. The van der Waals surface area contributed by atoms with Crippen molar-refractivity contribution in [2.75, 3.05) is 24.1 Å². The second-order valence-corrected chi connectivity index (χ2v) is 8.10. The molecule has 0 unspecified atom stereocenters. The van der Waals surface area contributed by atoms with E-state index in [-0.39, 0.29) is 0 Å². The molecule has 4 heterocycles. The monoisotopic (exact) mass is 427 g/mol. The van der Waals surface area contributed by atoms with Gasteiger partial charge in [0.25, 0.3) is 0 Å². The molecule has 1 amide bonds. The molecule has 1 fully saturated rings. The third-order valence-corrected chi connectivity index (χ3v) is 5.97. The summed E-state index contributed by atoms with van der Waals surface area (Å²) < 4.78 is 1.99. The van der Waals surface area contributed by atoms with Gasteiger partial charge < -0.3 is 16.0 Å². The molecule has 0 aliphatic carbocycles. The lowest BCUT2D eigenvalue weighted by Crippen LogP contribution is -2.33. The second kappa shape index (κ2) is 8.66. The average molecular weight is 428 g/mol. The van der Waals surface area contributed by atoms with Crippen LogP contribution in [0.5, 0.6) is 0 Å². The first-order chi connectivity index (χ1) is 15.7. The second-order valence-electron chi connectivity index (χ2n) is 8.10. The highest BCUT2D eigenvalue weighted by atomic mass is 16.1. The van der Waals surface area contributed by atoms with Crippen LogP contribution in [0.1, 0.15) is 24.4 Å². The number of carbonyl (C=O) groups excluding carboxylic acids is 1. The van der Waals surface area contributed by atoms with Crippen LogP contribution in [0.25, 0.3) is 22.2 Å². The highest BCUT2D eigenvalue weighted by molar-refractivity contribution is 5.79. The average Bonchev–Trinajstić information content (AvgIpc) is 3.34. The third-order valence-electron chi connectivity index (χ3n) is 5.97. The first-order valence-electron chi connectivity index (χ1n) is 10.8. The van der Waals surface area contributed by atoms with Crippen LogP contribution in [0.2, 0.25) is 0 Å². The van der Waals surface area contributed by atoms with Crippen molar-refractivity contribution in [3.05, 3.63) is 66.6 Å². The number of aromatic nitrogens is 4. The van der Waals surface area contributed by atoms with E-state index < -0.39 is 0 Å². The summed E-state index contributed by atoms with van der Waals surface area (Å²) in [6, 6.07) is 14.3. The molecule has 1 aliphatic rings. The van der Waals surface area contributed by atoms with E-state index >= 15 is 0 Å². The highest BCUT2D eigenvalue weighted by Crippen LogP contribution is 2.27. The number of benzene rings is 1. The summed E-state index contributed by atoms with van der Waals surface area (Å²) in [5.41, 5.74) is 10.7. The van der Waals surface area contributed by atoms with E-state index in [1.807, 2.05) is 46.2 Å². The Morgan fingerprint density at radius 1 is 1.16 bits per heavy atom. The number of carbonyl (C=O) groups is 1. The molecule has 1 saturated heterocycles.